The molecule has 3 nitrogen and oxygen atoms in total. The van der Waals surface area contributed by atoms with Crippen LogP contribution in [-0.4, -0.2) is 18.0 Å². The van der Waals surface area contributed by atoms with Crippen LogP contribution in [0.1, 0.15) is 57.9 Å². The van der Waals surface area contributed by atoms with Crippen LogP contribution < -0.4 is 4.74 Å². The maximum atomic E-state index is 12.0. The lowest BCUT2D eigenvalue weighted by atomic mass is 9.95. The maximum Gasteiger partial charge on any atom is 0.160 e. The van der Waals surface area contributed by atoms with E-state index in [1.807, 2.05) is 6.07 Å². The second-order valence-electron chi connectivity index (χ2n) is 5.85. The summed E-state index contributed by atoms with van der Waals surface area (Å²) in [6.07, 6.45) is 6.80. The molecule has 0 spiro atoms. The highest BCUT2D eigenvalue weighted by Crippen LogP contribution is 2.27. The molecule has 0 aliphatic carbocycles. The Kier molecular flexibility index (Phi) is 7.88. The number of ketones is 1. The quantitative estimate of drug-likeness (QED) is 0.645. The van der Waals surface area contributed by atoms with Crippen LogP contribution in [-0.2, 0) is 11.2 Å². The highest BCUT2D eigenvalue weighted by molar-refractivity contribution is 5.78. The summed E-state index contributed by atoms with van der Waals surface area (Å²) in [5.41, 5.74) is 1.02. The Hall–Kier alpha value is -1.51. The van der Waals surface area contributed by atoms with Crippen LogP contribution in [0.25, 0.3) is 0 Å². The van der Waals surface area contributed by atoms with E-state index in [0.29, 0.717) is 36.7 Å². The van der Waals surface area contributed by atoms with Crippen molar-refractivity contribution >= 4 is 5.78 Å². The lowest BCUT2D eigenvalue weighted by molar-refractivity contribution is -0.119. The van der Waals surface area contributed by atoms with E-state index in [2.05, 4.69) is 13.8 Å². The number of phenols is 1. The summed E-state index contributed by atoms with van der Waals surface area (Å²) in [6.45, 7) is 4.36. The first-order valence-electron chi connectivity index (χ1n) is 7.94. The van der Waals surface area contributed by atoms with E-state index in [-0.39, 0.29) is 5.75 Å². The number of carbonyl (C=O) groups excluding carboxylic acids is 1. The molecule has 1 N–H and O–H groups in total. The number of unbranched alkanes of at least 4 members (excludes halogenated alkanes) is 2. The van der Waals surface area contributed by atoms with E-state index in [9.17, 15) is 9.90 Å². The molecule has 1 aromatic rings. The third kappa shape index (κ3) is 6.65. The third-order valence-electron chi connectivity index (χ3n) is 3.81. The van der Waals surface area contributed by atoms with Crippen LogP contribution in [0.15, 0.2) is 18.2 Å². The molecule has 1 atom stereocenters. The Balaban J connectivity index is 2.35. The summed E-state index contributed by atoms with van der Waals surface area (Å²) in [5.74, 6) is 1.41. The minimum Gasteiger partial charge on any atom is -0.504 e. The zero-order chi connectivity index (χ0) is 15.7. The number of phenolic OH excluding ortho intramolecular Hbond substituents is 1. The van der Waals surface area contributed by atoms with Crippen LogP contribution >= 0.6 is 0 Å². The fourth-order valence-electron chi connectivity index (χ4n) is 2.50. The van der Waals surface area contributed by atoms with Crippen molar-refractivity contribution in [2.75, 3.05) is 7.11 Å². The van der Waals surface area contributed by atoms with Gasteiger partial charge in [-0.25, -0.2) is 0 Å². The molecule has 0 amide bonds. The number of carbonyl (C=O) groups is 1. The molecule has 0 aromatic heterocycles. The van der Waals surface area contributed by atoms with E-state index in [4.69, 9.17) is 4.74 Å². The van der Waals surface area contributed by atoms with E-state index in [1.54, 1.807) is 12.1 Å². The summed E-state index contributed by atoms with van der Waals surface area (Å²) in [4.78, 5) is 12.0. The van der Waals surface area contributed by atoms with Gasteiger partial charge < -0.3 is 9.84 Å². The van der Waals surface area contributed by atoms with E-state index in [1.165, 1.54) is 26.4 Å². The zero-order valence-corrected chi connectivity index (χ0v) is 13.5. The number of benzene rings is 1. The topological polar surface area (TPSA) is 46.5 Å². The fourth-order valence-corrected chi connectivity index (χ4v) is 2.50. The molecule has 0 heterocycles. The van der Waals surface area contributed by atoms with Crippen LogP contribution in [0.3, 0.4) is 0 Å². The van der Waals surface area contributed by atoms with Crippen molar-refractivity contribution in [3.63, 3.8) is 0 Å². The van der Waals surface area contributed by atoms with E-state index < -0.39 is 0 Å². The van der Waals surface area contributed by atoms with Crippen LogP contribution in [0.5, 0.6) is 11.5 Å². The minimum atomic E-state index is 0.136. The van der Waals surface area contributed by atoms with Crippen LogP contribution in [0.4, 0.5) is 0 Å². The van der Waals surface area contributed by atoms with Gasteiger partial charge in [-0.1, -0.05) is 45.6 Å². The van der Waals surface area contributed by atoms with Gasteiger partial charge in [0.2, 0.25) is 0 Å². The van der Waals surface area contributed by atoms with Gasteiger partial charge in [-0.05, 0) is 30.0 Å². The Morgan fingerprint density at radius 1 is 1.33 bits per heavy atom. The van der Waals surface area contributed by atoms with E-state index >= 15 is 0 Å². The summed E-state index contributed by atoms with van der Waals surface area (Å²) >= 11 is 0. The lowest BCUT2D eigenvalue weighted by Gasteiger charge is -2.10. The van der Waals surface area contributed by atoms with Crippen molar-refractivity contribution in [3.05, 3.63) is 23.8 Å². The number of aryl methyl sites for hydroxylation is 1. The third-order valence-corrected chi connectivity index (χ3v) is 3.81. The van der Waals surface area contributed by atoms with Crippen molar-refractivity contribution in [2.24, 2.45) is 5.92 Å². The molecule has 0 saturated carbocycles. The first-order chi connectivity index (χ1) is 10.1. The molecule has 1 aromatic carbocycles. The van der Waals surface area contributed by atoms with Gasteiger partial charge in [-0.3, -0.25) is 4.79 Å². The molecule has 0 fully saturated rings. The smallest absolute Gasteiger partial charge is 0.160 e. The average Bonchev–Trinajstić information content (AvgIpc) is 2.46. The molecular weight excluding hydrogens is 264 g/mol. The summed E-state index contributed by atoms with van der Waals surface area (Å²) < 4.78 is 5.08. The van der Waals surface area contributed by atoms with Gasteiger partial charge in [-0.15, -0.1) is 0 Å². The molecule has 21 heavy (non-hydrogen) atoms. The number of aromatic hydroxyl groups is 1. The molecule has 0 bridgehead atoms. The van der Waals surface area contributed by atoms with Crippen LogP contribution in [0.2, 0.25) is 0 Å². The summed E-state index contributed by atoms with van der Waals surface area (Å²) in [5, 5.41) is 9.54. The molecule has 118 valence electrons. The Morgan fingerprint density at radius 2 is 2.10 bits per heavy atom. The van der Waals surface area contributed by atoms with Crippen LogP contribution in [0, 0.1) is 5.92 Å². The van der Waals surface area contributed by atoms with Gasteiger partial charge in [0.1, 0.15) is 5.78 Å². The summed E-state index contributed by atoms with van der Waals surface area (Å²) in [6, 6.07) is 5.26. The van der Waals surface area contributed by atoms with Crippen molar-refractivity contribution < 1.29 is 14.6 Å². The van der Waals surface area contributed by atoms with Gasteiger partial charge in [0.25, 0.3) is 0 Å². The van der Waals surface area contributed by atoms with Crippen molar-refractivity contribution in [2.45, 2.75) is 58.8 Å². The molecule has 0 radical (unpaired) electrons. The van der Waals surface area contributed by atoms with Gasteiger partial charge in [-0.2, -0.15) is 0 Å². The fraction of sp³-hybridized carbons (Fsp3) is 0.611. The second-order valence-corrected chi connectivity index (χ2v) is 5.85. The number of ether oxygens (including phenoxy) is 1. The molecule has 3 heteroatoms. The predicted molar refractivity (Wildman–Crippen MR) is 85.9 cm³/mol. The molecule has 1 unspecified atom stereocenters. The van der Waals surface area contributed by atoms with Gasteiger partial charge in [0.15, 0.2) is 11.5 Å². The van der Waals surface area contributed by atoms with Crippen molar-refractivity contribution in [3.8, 4) is 11.5 Å². The Labute approximate surface area is 128 Å². The maximum absolute atomic E-state index is 12.0. The molecule has 1 rings (SSSR count). The number of hydrogen-bond donors (Lipinski definition) is 1. The standard InChI is InChI=1S/C18H28O3/c1-4-5-6-7-14(2)12-16(19)10-8-15-9-11-17(20)18(13-15)21-3/h9,11,13-14,20H,4-8,10,12H2,1-3H3. The number of methoxy groups -OCH3 is 1. The first-order valence-corrected chi connectivity index (χ1v) is 7.94. The normalized spacial score (nSPS) is 12.1. The highest BCUT2D eigenvalue weighted by Gasteiger charge is 2.10. The number of hydrogen-bond acceptors (Lipinski definition) is 3. The van der Waals surface area contributed by atoms with Gasteiger partial charge in [0, 0.05) is 12.8 Å². The van der Waals surface area contributed by atoms with Crippen molar-refractivity contribution in [1.29, 1.82) is 0 Å². The second kappa shape index (κ2) is 9.43. The molecule has 0 aliphatic rings. The largest absolute Gasteiger partial charge is 0.504 e. The summed E-state index contributed by atoms with van der Waals surface area (Å²) in [7, 11) is 1.53. The van der Waals surface area contributed by atoms with Gasteiger partial charge in [0.05, 0.1) is 7.11 Å². The highest BCUT2D eigenvalue weighted by atomic mass is 16.5. The number of Topliss-reactive ketones (excluding diaryl/α,β-unsaturated/α-hetero) is 1. The van der Waals surface area contributed by atoms with Gasteiger partial charge >= 0.3 is 0 Å². The minimum absolute atomic E-state index is 0.136. The monoisotopic (exact) mass is 292 g/mol. The number of rotatable bonds is 10. The molecular formula is C18H28O3. The van der Waals surface area contributed by atoms with E-state index in [0.717, 1.165) is 12.0 Å². The first kappa shape index (κ1) is 17.5. The lowest BCUT2D eigenvalue weighted by Crippen LogP contribution is -2.07. The average molecular weight is 292 g/mol. The van der Waals surface area contributed by atoms with Crippen molar-refractivity contribution in [1.82, 2.24) is 0 Å². The predicted octanol–water partition coefficient (Wildman–Crippen LogP) is 4.51. The SMILES string of the molecule is CCCCCC(C)CC(=O)CCc1ccc(O)c(OC)c1. The Morgan fingerprint density at radius 3 is 2.76 bits per heavy atom. The Bertz CT molecular complexity index is 440. The molecule has 0 aliphatic heterocycles. The zero-order valence-electron chi connectivity index (χ0n) is 13.5. The molecule has 0 saturated heterocycles.